The van der Waals surface area contributed by atoms with Crippen molar-refractivity contribution in [2.24, 2.45) is 4.99 Å². The molecule has 44 heavy (non-hydrogen) atoms. The molecule has 0 fully saturated rings. The van der Waals surface area contributed by atoms with Gasteiger partial charge in [0.2, 0.25) is 5.91 Å². The number of tetrazole rings is 1. The predicted octanol–water partition coefficient (Wildman–Crippen LogP) is 4.09. The Morgan fingerprint density at radius 1 is 1.14 bits per heavy atom. The molecule has 2 aliphatic rings. The van der Waals surface area contributed by atoms with Crippen LogP contribution in [0.5, 0.6) is 0 Å². The van der Waals surface area contributed by atoms with Gasteiger partial charge in [-0.15, -0.1) is 5.10 Å². The fourth-order valence-electron chi connectivity index (χ4n) is 5.96. The molecule has 0 spiro atoms. The van der Waals surface area contributed by atoms with Crippen LogP contribution in [0.25, 0.3) is 11.8 Å². The summed E-state index contributed by atoms with van der Waals surface area (Å²) in [7, 11) is 4.11. The Balaban J connectivity index is 1.31. The number of aryl methyl sites for hydroxylation is 1. The molecule has 4 aromatic rings. The molecular weight excluding hydrogens is 576 g/mol. The van der Waals surface area contributed by atoms with E-state index in [1.807, 2.05) is 24.4 Å². The van der Waals surface area contributed by atoms with E-state index in [0.29, 0.717) is 35.8 Å². The highest BCUT2D eigenvalue weighted by Gasteiger charge is 2.36. The maximum absolute atomic E-state index is 14.2. The molecule has 4 heterocycles. The van der Waals surface area contributed by atoms with Crippen molar-refractivity contribution in [2.45, 2.75) is 38.3 Å². The number of carbonyl (C=O) groups excluding carboxylic acids is 2. The number of amides is 1. The molecule has 224 valence electrons. The zero-order valence-electron chi connectivity index (χ0n) is 24.7. The fraction of sp³-hybridized carbons (Fsp3) is 0.303. The van der Waals surface area contributed by atoms with E-state index in [1.54, 1.807) is 35.4 Å². The minimum atomic E-state index is -0.727. The number of rotatable bonds is 10. The standard InChI is InChI=1S/C33H33ClN8O2/c1-40(2)14-3-4-29-27-12-15-41(32(44)10-7-23-18-26(34)8-9-30(23)42-21-37-38-39-42)33(28(27)11-13-36-29)31(43)17-22-5-6-24-19-35-20-25(24)16-22/h5-11,13,16,18-19,21,33H,3-4,12,14-15,17,20H2,1-2H3/b10-7+. The summed E-state index contributed by atoms with van der Waals surface area (Å²) in [5.74, 6) is -0.292. The first-order valence-electron chi connectivity index (χ1n) is 14.6. The molecule has 0 N–H and O–H groups in total. The van der Waals surface area contributed by atoms with Gasteiger partial charge in [0, 0.05) is 47.7 Å². The number of carbonyl (C=O) groups is 2. The number of hydrogen-bond donors (Lipinski definition) is 0. The van der Waals surface area contributed by atoms with Crippen LogP contribution in [-0.4, -0.2) is 80.1 Å². The summed E-state index contributed by atoms with van der Waals surface area (Å²) >= 11 is 6.29. The first-order chi connectivity index (χ1) is 21.4. The molecule has 2 aliphatic heterocycles. The third kappa shape index (κ3) is 6.36. The van der Waals surface area contributed by atoms with Gasteiger partial charge in [0.25, 0.3) is 0 Å². The van der Waals surface area contributed by atoms with E-state index < -0.39 is 6.04 Å². The van der Waals surface area contributed by atoms with Crippen molar-refractivity contribution in [3.63, 3.8) is 0 Å². The molecular formula is C33H33ClN8O2. The van der Waals surface area contributed by atoms with E-state index in [9.17, 15) is 9.59 Å². The zero-order valence-corrected chi connectivity index (χ0v) is 25.5. The first-order valence-corrected chi connectivity index (χ1v) is 15.0. The molecule has 1 unspecified atom stereocenters. The van der Waals surface area contributed by atoms with Crippen molar-refractivity contribution in [1.29, 1.82) is 0 Å². The van der Waals surface area contributed by atoms with Crippen molar-refractivity contribution < 1.29 is 9.59 Å². The number of fused-ring (bicyclic) bond motifs is 2. The van der Waals surface area contributed by atoms with Crippen molar-refractivity contribution >= 4 is 35.6 Å². The Morgan fingerprint density at radius 2 is 2.02 bits per heavy atom. The fourth-order valence-corrected chi connectivity index (χ4v) is 6.14. The molecule has 2 aromatic heterocycles. The second kappa shape index (κ2) is 13.0. The molecule has 6 rings (SSSR count). The summed E-state index contributed by atoms with van der Waals surface area (Å²) in [5, 5.41) is 11.9. The van der Waals surface area contributed by atoms with E-state index in [-0.39, 0.29) is 18.1 Å². The molecule has 1 atom stereocenters. The number of halogens is 1. The molecule has 1 amide bonds. The lowest BCUT2D eigenvalue weighted by atomic mass is 9.86. The van der Waals surface area contributed by atoms with Crippen molar-refractivity contribution in [2.75, 3.05) is 27.2 Å². The van der Waals surface area contributed by atoms with Crippen LogP contribution in [-0.2, 0) is 35.4 Å². The number of hydrogen-bond acceptors (Lipinski definition) is 8. The Hall–Kier alpha value is -4.54. The number of benzene rings is 2. The zero-order chi connectivity index (χ0) is 30.6. The number of nitrogens with zero attached hydrogens (tertiary/aromatic N) is 8. The Morgan fingerprint density at radius 3 is 2.84 bits per heavy atom. The minimum Gasteiger partial charge on any atom is -0.325 e. The third-order valence-electron chi connectivity index (χ3n) is 8.07. The van der Waals surface area contributed by atoms with Crippen molar-refractivity contribution in [3.05, 3.63) is 105 Å². The first kappa shape index (κ1) is 29.5. The molecule has 0 saturated heterocycles. The van der Waals surface area contributed by atoms with Gasteiger partial charge in [0.1, 0.15) is 12.4 Å². The monoisotopic (exact) mass is 608 g/mol. The maximum atomic E-state index is 14.2. The second-order valence-corrected chi connectivity index (χ2v) is 11.8. The van der Waals surface area contributed by atoms with Gasteiger partial charge in [0.05, 0.1) is 12.2 Å². The summed E-state index contributed by atoms with van der Waals surface area (Å²) in [6.45, 7) is 1.98. The largest absolute Gasteiger partial charge is 0.325 e. The summed E-state index contributed by atoms with van der Waals surface area (Å²) in [6.07, 6.45) is 10.9. The van der Waals surface area contributed by atoms with Crippen LogP contribution in [0.2, 0.25) is 5.02 Å². The van der Waals surface area contributed by atoms with Gasteiger partial charge in [0.15, 0.2) is 5.78 Å². The molecule has 0 radical (unpaired) electrons. The molecule has 0 bridgehead atoms. The van der Waals surface area contributed by atoms with E-state index in [2.05, 4.69) is 45.6 Å². The number of aromatic nitrogens is 5. The van der Waals surface area contributed by atoms with Crippen molar-refractivity contribution in [3.8, 4) is 5.69 Å². The molecule has 11 heteroatoms. The molecule has 2 aromatic carbocycles. The highest BCUT2D eigenvalue weighted by atomic mass is 35.5. The quantitative estimate of drug-likeness (QED) is 0.250. The Bertz CT molecular complexity index is 1750. The summed E-state index contributed by atoms with van der Waals surface area (Å²) < 4.78 is 1.51. The summed E-state index contributed by atoms with van der Waals surface area (Å²) in [5.41, 5.74) is 7.41. The number of ketones is 1. The van der Waals surface area contributed by atoms with E-state index in [1.165, 1.54) is 17.1 Å². The summed E-state index contributed by atoms with van der Waals surface area (Å²) in [4.78, 5) is 40.9. The second-order valence-electron chi connectivity index (χ2n) is 11.4. The number of pyridine rings is 1. The van der Waals surface area contributed by atoms with Gasteiger partial charge >= 0.3 is 0 Å². The average molecular weight is 609 g/mol. The van der Waals surface area contributed by atoms with Crippen molar-refractivity contribution in [1.82, 2.24) is 35.0 Å². The van der Waals surface area contributed by atoms with Gasteiger partial charge in [-0.05, 0) is 108 Å². The normalized spacial score (nSPS) is 15.6. The minimum absolute atomic E-state index is 0.0332. The lowest BCUT2D eigenvalue weighted by Gasteiger charge is -2.36. The van der Waals surface area contributed by atoms with Gasteiger partial charge in [-0.1, -0.05) is 29.8 Å². The smallest absolute Gasteiger partial charge is 0.247 e. The highest BCUT2D eigenvalue weighted by Crippen LogP contribution is 2.34. The van der Waals surface area contributed by atoms with Crippen LogP contribution in [0, 0.1) is 0 Å². The lowest BCUT2D eigenvalue weighted by Crippen LogP contribution is -2.43. The highest BCUT2D eigenvalue weighted by molar-refractivity contribution is 6.30. The van der Waals surface area contributed by atoms with Gasteiger partial charge in [-0.25, -0.2) is 0 Å². The van der Waals surface area contributed by atoms with E-state index in [0.717, 1.165) is 52.9 Å². The van der Waals surface area contributed by atoms with Crippen LogP contribution in [0.3, 0.4) is 0 Å². The van der Waals surface area contributed by atoms with Crippen LogP contribution in [0.4, 0.5) is 0 Å². The van der Waals surface area contributed by atoms with Crippen LogP contribution >= 0.6 is 11.6 Å². The van der Waals surface area contributed by atoms with Gasteiger partial charge in [-0.2, -0.15) is 4.68 Å². The SMILES string of the molecule is CN(C)CCCc1nccc2c1CCN(C(=O)/C=C/c1cc(Cl)ccc1-n1cnnn1)C2C(=O)Cc1ccc2c(c1)CN=C2. The maximum Gasteiger partial charge on any atom is 0.247 e. The summed E-state index contributed by atoms with van der Waals surface area (Å²) in [6, 6.07) is 12.5. The number of aliphatic imine (C=N–C) groups is 1. The molecule has 10 nitrogen and oxygen atoms in total. The van der Waals surface area contributed by atoms with Gasteiger partial charge in [-0.3, -0.25) is 19.6 Å². The van der Waals surface area contributed by atoms with Gasteiger partial charge < -0.3 is 9.80 Å². The van der Waals surface area contributed by atoms with E-state index >= 15 is 0 Å². The lowest BCUT2D eigenvalue weighted by molar-refractivity contribution is -0.136. The van der Waals surface area contributed by atoms with Crippen LogP contribution < -0.4 is 0 Å². The average Bonchev–Trinajstić information content (AvgIpc) is 3.72. The Kier molecular flexibility index (Phi) is 8.72. The number of Topliss-reactive ketones (excluding diaryl/α,β-unsaturated/α-hetero) is 1. The Labute approximate surface area is 261 Å². The molecule has 0 saturated carbocycles. The van der Waals surface area contributed by atoms with Crippen LogP contribution in [0.1, 0.15) is 51.5 Å². The van der Waals surface area contributed by atoms with Crippen LogP contribution in [0.15, 0.2) is 66.1 Å². The predicted molar refractivity (Wildman–Crippen MR) is 169 cm³/mol. The third-order valence-corrected chi connectivity index (χ3v) is 8.30. The topological polar surface area (TPSA) is 109 Å². The molecule has 0 aliphatic carbocycles. The van der Waals surface area contributed by atoms with E-state index in [4.69, 9.17) is 16.6 Å².